The summed E-state index contributed by atoms with van der Waals surface area (Å²) in [4.78, 5) is 14.4. The van der Waals surface area contributed by atoms with Crippen molar-refractivity contribution in [3.63, 3.8) is 0 Å². The number of amides is 1. The van der Waals surface area contributed by atoms with Gasteiger partial charge in [0.2, 0.25) is 0 Å². The van der Waals surface area contributed by atoms with Crippen LogP contribution in [0.1, 0.15) is 22.5 Å². The maximum atomic E-state index is 12.4. The lowest BCUT2D eigenvalue weighted by atomic mass is 9.98. The van der Waals surface area contributed by atoms with Gasteiger partial charge in [0.1, 0.15) is 10.6 Å². The molecule has 1 aromatic heterocycles. The zero-order valence-electron chi connectivity index (χ0n) is 10.8. The van der Waals surface area contributed by atoms with E-state index in [2.05, 4.69) is 4.74 Å². The van der Waals surface area contributed by atoms with E-state index >= 15 is 0 Å². The summed E-state index contributed by atoms with van der Waals surface area (Å²) in [7, 11) is 0. The Balaban J connectivity index is 1.73. The van der Waals surface area contributed by atoms with Gasteiger partial charge in [0, 0.05) is 19.1 Å². The lowest BCUT2D eigenvalue weighted by molar-refractivity contribution is -0.0499. The fourth-order valence-corrected chi connectivity index (χ4v) is 4.05. The number of fused-ring (bicyclic) bond motifs is 1. The molecule has 1 aliphatic heterocycles. The molecule has 1 aliphatic carbocycles. The number of nitrogens with two attached hydrogens (primary N) is 1. The van der Waals surface area contributed by atoms with Gasteiger partial charge in [-0.05, 0) is 36.1 Å². The molecule has 1 saturated carbocycles. The van der Waals surface area contributed by atoms with Gasteiger partial charge in [-0.2, -0.15) is 8.78 Å². The third-order valence-corrected chi connectivity index (χ3v) is 5.12. The minimum Gasteiger partial charge on any atom is -0.433 e. The Morgan fingerprint density at radius 1 is 1.45 bits per heavy atom. The van der Waals surface area contributed by atoms with Gasteiger partial charge in [0.25, 0.3) is 5.91 Å². The van der Waals surface area contributed by atoms with Crippen molar-refractivity contribution >= 4 is 17.2 Å². The van der Waals surface area contributed by atoms with E-state index < -0.39 is 6.61 Å². The summed E-state index contributed by atoms with van der Waals surface area (Å²) in [6.07, 6.45) is 2.05. The molecule has 3 atom stereocenters. The number of carbonyl (C=O) groups is 1. The molecule has 2 N–H and O–H groups in total. The molecular formula is C13H16F2N2O2S. The molecule has 1 amide bonds. The van der Waals surface area contributed by atoms with Crippen molar-refractivity contribution in [2.24, 2.45) is 17.6 Å². The van der Waals surface area contributed by atoms with E-state index in [1.165, 1.54) is 6.07 Å². The van der Waals surface area contributed by atoms with Crippen LogP contribution < -0.4 is 10.5 Å². The minimum absolute atomic E-state index is 0.0312. The number of likely N-dealkylation sites (tertiary alicyclic amines) is 1. The van der Waals surface area contributed by atoms with Gasteiger partial charge in [-0.15, -0.1) is 11.3 Å². The molecule has 1 aromatic rings. The summed E-state index contributed by atoms with van der Waals surface area (Å²) < 4.78 is 29.0. The molecule has 2 heterocycles. The predicted molar refractivity (Wildman–Crippen MR) is 71.0 cm³/mol. The van der Waals surface area contributed by atoms with E-state index in [1.54, 1.807) is 10.3 Å². The zero-order chi connectivity index (χ0) is 14.3. The van der Waals surface area contributed by atoms with Gasteiger partial charge >= 0.3 is 6.61 Å². The number of rotatable bonds is 3. The SMILES string of the molecule is NC1CCC2CN(C(=O)c3sccc3OC(F)F)CC12. The predicted octanol–water partition coefficient (Wildman–Crippen LogP) is 2.16. The average molecular weight is 302 g/mol. The molecule has 4 nitrogen and oxygen atoms in total. The van der Waals surface area contributed by atoms with Crippen LogP contribution in [0.3, 0.4) is 0 Å². The van der Waals surface area contributed by atoms with Gasteiger partial charge in [-0.1, -0.05) is 0 Å². The summed E-state index contributed by atoms with van der Waals surface area (Å²) in [6, 6.07) is 1.56. The molecule has 1 saturated heterocycles. The third kappa shape index (κ3) is 2.40. The van der Waals surface area contributed by atoms with Crippen LogP contribution in [0.15, 0.2) is 11.4 Å². The van der Waals surface area contributed by atoms with Crippen LogP contribution in [0.2, 0.25) is 0 Å². The van der Waals surface area contributed by atoms with Gasteiger partial charge in [0.15, 0.2) is 0 Å². The lowest BCUT2D eigenvalue weighted by Crippen LogP contribution is -2.33. The third-order valence-electron chi connectivity index (χ3n) is 4.24. The Labute approximate surface area is 119 Å². The Morgan fingerprint density at radius 2 is 2.25 bits per heavy atom. The second kappa shape index (κ2) is 5.29. The van der Waals surface area contributed by atoms with Crippen molar-refractivity contribution < 1.29 is 18.3 Å². The van der Waals surface area contributed by atoms with E-state index in [1.807, 2.05) is 0 Å². The highest BCUT2D eigenvalue weighted by molar-refractivity contribution is 7.12. The maximum Gasteiger partial charge on any atom is 0.387 e. The fraction of sp³-hybridized carbons (Fsp3) is 0.615. The Hall–Kier alpha value is -1.21. The number of carbonyl (C=O) groups excluding carboxylic acids is 1. The summed E-state index contributed by atoms with van der Waals surface area (Å²) in [6.45, 7) is -1.62. The number of alkyl halides is 2. The summed E-state index contributed by atoms with van der Waals surface area (Å²) in [5.41, 5.74) is 6.04. The lowest BCUT2D eigenvalue weighted by Gasteiger charge is -2.18. The highest BCUT2D eigenvalue weighted by atomic mass is 32.1. The second-order valence-corrected chi connectivity index (χ2v) is 6.28. The zero-order valence-corrected chi connectivity index (χ0v) is 11.6. The van der Waals surface area contributed by atoms with Crippen LogP contribution in [0.25, 0.3) is 0 Å². The summed E-state index contributed by atoms with van der Waals surface area (Å²) in [5.74, 6) is 0.542. The molecule has 0 bridgehead atoms. The first-order valence-corrected chi connectivity index (χ1v) is 7.51. The minimum atomic E-state index is -2.91. The molecule has 0 aromatic carbocycles. The first kappa shape index (κ1) is 13.8. The number of hydrogen-bond acceptors (Lipinski definition) is 4. The van der Waals surface area contributed by atoms with E-state index in [0.29, 0.717) is 24.9 Å². The molecule has 2 aliphatic rings. The second-order valence-electron chi connectivity index (χ2n) is 5.37. The smallest absolute Gasteiger partial charge is 0.387 e. The van der Waals surface area contributed by atoms with Gasteiger partial charge in [-0.3, -0.25) is 4.79 Å². The standard InChI is InChI=1S/C13H16F2N2O2S/c14-13(15)19-10-3-4-20-11(10)12(18)17-5-7-1-2-9(16)8(7)6-17/h3-4,7-9,13H,1-2,5-6,16H2. The van der Waals surface area contributed by atoms with Crippen molar-refractivity contribution in [1.29, 1.82) is 0 Å². The molecule has 7 heteroatoms. The van der Waals surface area contributed by atoms with E-state index in [-0.39, 0.29) is 22.6 Å². The van der Waals surface area contributed by atoms with Crippen LogP contribution in [0.5, 0.6) is 5.75 Å². The highest BCUT2D eigenvalue weighted by Gasteiger charge is 2.43. The number of nitrogens with zero attached hydrogens (tertiary/aromatic N) is 1. The van der Waals surface area contributed by atoms with Crippen molar-refractivity contribution in [3.05, 3.63) is 16.3 Å². The molecule has 0 radical (unpaired) electrons. The first-order valence-electron chi connectivity index (χ1n) is 6.63. The van der Waals surface area contributed by atoms with Gasteiger partial charge in [-0.25, -0.2) is 0 Å². The van der Waals surface area contributed by atoms with E-state index in [9.17, 15) is 13.6 Å². The highest BCUT2D eigenvalue weighted by Crippen LogP contribution is 2.38. The van der Waals surface area contributed by atoms with Crippen molar-refractivity contribution in [2.75, 3.05) is 13.1 Å². The Bertz CT molecular complexity index is 508. The van der Waals surface area contributed by atoms with E-state index in [4.69, 9.17) is 5.73 Å². The van der Waals surface area contributed by atoms with E-state index in [0.717, 1.165) is 24.2 Å². The molecule has 2 fully saturated rings. The maximum absolute atomic E-state index is 12.4. The molecule has 3 unspecified atom stereocenters. The molecule has 110 valence electrons. The Kier molecular flexibility index (Phi) is 3.64. The van der Waals surface area contributed by atoms with Crippen molar-refractivity contribution in [3.8, 4) is 5.75 Å². The van der Waals surface area contributed by atoms with Crippen molar-refractivity contribution in [1.82, 2.24) is 4.90 Å². The quantitative estimate of drug-likeness (QED) is 0.931. The number of ether oxygens (including phenoxy) is 1. The van der Waals surface area contributed by atoms with Crippen LogP contribution in [-0.4, -0.2) is 36.5 Å². The van der Waals surface area contributed by atoms with Crippen molar-refractivity contribution in [2.45, 2.75) is 25.5 Å². The van der Waals surface area contributed by atoms with Gasteiger partial charge in [0.05, 0.1) is 0 Å². The summed E-state index contributed by atoms with van der Waals surface area (Å²) >= 11 is 1.13. The van der Waals surface area contributed by atoms with Gasteiger partial charge < -0.3 is 15.4 Å². The molecular weight excluding hydrogens is 286 g/mol. The topological polar surface area (TPSA) is 55.6 Å². The number of hydrogen-bond donors (Lipinski definition) is 1. The molecule has 0 spiro atoms. The monoisotopic (exact) mass is 302 g/mol. The van der Waals surface area contributed by atoms with Crippen LogP contribution in [0.4, 0.5) is 8.78 Å². The van der Waals surface area contributed by atoms with Crippen LogP contribution in [0, 0.1) is 11.8 Å². The first-order chi connectivity index (χ1) is 9.56. The number of halogens is 2. The normalized spacial score (nSPS) is 29.0. The number of thiophene rings is 1. The fourth-order valence-electron chi connectivity index (χ4n) is 3.26. The average Bonchev–Trinajstić information content (AvgIpc) is 3.06. The largest absolute Gasteiger partial charge is 0.433 e. The molecule has 20 heavy (non-hydrogen) atoms. The van der Waals surface area contributed by atoms with Crippen LogP contribution >= 0.6 is 11.3 Å². The van der Waals surface area contributed by atoms with Crippen LogP contribution in [-0.2, 0) is 0 Å². The Morgan fingerprint density at radius 3 is 2.95 bits per heavy atom. The summed E-state index contributed by atoms with van der Waals surface area (Å²) in [5, 5.41) is 1.59. The molecule has 3 rings (SSSR count).